The highest BCUT2D eigenvalue weighted by molar-refractivity contribution is 7.98. The maximum absolute atomic E-state index is 13.7. The summed E-state index contributed by atoms with van der Waals surface area (Å²) in [6, 6.07) is 0. The molecule has 0 amide bonds. The van der Waals surface area contributed by atoms with Gasteiger partial charge in [0.2, 0.25) is 0 Å². The molecule has 0 unspecified atom stereocenters. The van der Waals surface area contributed by atoms with Gasteiger partial charge in [0.15, 0.2) is 0 Å². The summed E-state index contributed by atoms with van der Waals surface area (Å²) in [5, 5.41) is 11.7. The molecule has 0 aromatic heterocycles. The Morgan fingerprint density at radius 1 is 1.15 bits per heavy atom. The molecule has 3 aliphatic rings. The molecule has 9 heteroatoms. The van der Waals surface area contributed by atoms with Crippen molar-refractivity contribution >= 4 is 34.9 Å². The monoisotopic (exact) mass is 574 g/mol. The van der Waals surface area contributed by atoms with Gasteiger partial charge in [0.25, 0.3) is 10.9 Å². The lowest BCUT2D eigenvalue weighted by atomic mass is 9.44. The van der Waals surface area contributed by atoms with Gasteiger partial charge in [-0.3, -0.25) is 19.2 Å². The lowest BCUT2D eigenvalue weighted by Crippen LogP contribution is -2.63. The van der Waals surface area contributed by atoms with Crippen molar-refractivity contribution in [2.75, 3.05) is 49.0 Å². The molecular weight excluding hydrogens is 528 g/mol. The number of hydrogen-bond donors (Lipinski definition) is 1. The lowest BCUT2D eigenvalue weighted by Gasteiger charge is -2.61. The molecule has 1 aromatic rings. The van der Waals surface area contributed by atoms with Gasteiger partial charge in [-0.1, -0.05) is 33.8 Å². The molecule has 0 aliphatic heterocycles. The zero-order chi connectivity index (χ0) is 29.8. The Balaban J connectivity index is 1.72. The summed E-state index contributed by atoms with van der Waals surface area (Å²) in [4.78, 5) is 55.5. The topological polar surface area (TPSA) is 104 Å². The number of Topliss-reactive ketones (excluding diaryl/α,β-unsaturated/α-hetero) is 1. The van der Waals surface area contributed by atoms with E-state index in [0.717, 1.165) is 19.3 Å². The van der Waals surface area contributed by atoms with Gasteiger partial charge >= 0.3 is 5.97 Å². The Morgan fingerprint density at radius 3 is 2.40 bits per heavy atom. The van der Waals surface area contributed by atoms with Crippen molar-refractivity contribution in [3.63, 3.8) is 0 Å². The molecule has 0 spiro atoms. The van der Waals surface area contributed by atoms with E-state index in [-0.39, 0.29) is 41.2 Å². The van der Waals surface area contributed by atoms with Crippen LogP contribution in [0.15, 0.2) is 22.2 Å². The largest absolute Gasteiger partial charge is 0.460 e. The number of aliphatic hydroxyl groups excluding tert-OH is 1. The van der Waals surface area contributed by atoms with Crippen LogP contribution in [0.3, 0.4) is 0 Å². The molecule has 3 saturated carbocycles. The first-order valence-electron chi connectivity index (χ1n) is 14.5. The van der Waals surface area contributed by atoms with E-state index in [1.165, 1.54) is 0 Å². The fourth-order valence-electron chi connectivity index (χ4n) is 8.40. The second-order valence-electron chi connectivity index (χ2n) is 13.2. The molecule has 1 N–H and O–H groups in total. The van der Waals surface area contributed by atoms with Crippen LogP contribution in [0.2, 0.25) is 0 Å². The summed E-state index contributed by atoms with van der Waals surface area (Å²) in [5.41, 5.74) is -2.26. The van der Waals surface area contributed by atoms with Gasteiger partial charge in [-0.25, -0.2) is 0 Å². The van der Waals surface area contributed by atoms with E-state index < -0.39 is 39.9 Å². The van der Waals surface area contributed by atoms with E-state index in [1.54, 1.807) is 41.7 Å². The molecular formula is C31H46N2O6S. The van der Waals surface area contributed by atoms with Crippen molar-refractivity contribution in [2.45, 2.75) is 72.0 Å². The molecule has 40 heavy (non-hydrogen) atoms. The van der Waals surface area contributed by atoms with E-state index in [2.05, 4.69) is 27.4 Å². The van der Waals surface area contributed by atoms with Crippen LogP contribution in [-0.4, -0.2) is 68.3 Å². The lowest BCUT2D eigenvalue weighted by molar-refractivity contribution is -0.206. The predicted molar refractivity (Wildman–Crippen MR) is 161 cm³/mol. The van der Waals surface area contributed by atoms with Crippen LogP contribution in [0.25, 0.3) is 0 Å². The van der Waals surface area contributed by atoms with Crippen LogP contribution >= 0.6 is 11.8 Å². The van der Waals surface area contributed by atoms with E-state index >= 15 is 0 Å². The Kier molecular flexibility index (Phi) is 8.42. The Bertz CT molecular complexity index is 1240. The van der Waals surface area contributed by atoms with E-state index in [1.807, 2.05) is 13.2 Å². The number of hydrogen-bond acceptors (Lipinski definition) is 9. The minimum absolute atomic E-state index is 0.101. The normalized spacial score (nSPS) is 37.4. The number of ketones is 1. The van der Waals surface area contributed by atoms with Gasteiger partial charge in [0, 0.05) is 49.6 Å². The summed E-state index contributed by atoms with van der Waals surface area (Å²) < 4.78 is 6.38. The second-order valence-corrected chi connectivity index (χ2v) is 14.2. The molecule has 8 atom stereocenters. The van der Waals surface area contributed by atoms with Gasteiger partial charge in [0.05, 0.1) is 6.10 Å². The number of nitrogens with zero attached hydrogens (tertiary/aromatic N) is 2. The first-order chi connectivity index (χ1) is 18.7. The number of thioether (sulfide) groups is 1. The summed E-state index contributed by atoms with van der Waals surface area (Å²) >= 11 is 1.58. The summed E-state index contributed by atoms with van der Waals surface area (Å²) in [7, 11) is 3.41. The number of aliphatic hydroxyl groups is 1. The summed E-state index contributed by atoms with van der Waals surface area (Å²) in [5.74, 6) is 0.0849. The Hall–Kier alpha value is -2.13. The molecule has 8 nitrogen and oxygen atoms in total. The third kappa shape index (κ3) is 4.55. The number of carbonyl (C=O) groups is 2. The smallest absolute Gasteiger partial charge is 0.325 e. The van der Waals surface area contributed by atoms with Crippen LogP contribution < -0.4 is 20.7 Å². The molecule has 3 fully saturated rings. The predicted octanol–water partition coefficient (Wildman–Crippen LogP) is 3.42. The fraction of sp³-hybridized carbons (Fsp3) is 0.742. The van der Waals surface area contributed by atoms with E-state index in [4.69, 9.17) is 4.74 Å². The third-order valence-electron chi connectivity index (χ3n) is 11.1. The Labute approximate surface area is 242 Å². The fourth-order valence-corrected chi connectivity index (χ4v) is 8.80. The highest BCUT2D eigenvalue weighted by Gasteiger charge is 2.68. The van der Waals surface area contributed by atoms with Gasteiger partial charge in [-0.2, -0.15) is 11.8 Å². The van der Waals surface area contributed by atoms with Crippen molar-refractivity contribution < 1.29 is 19.4 Å². The van der Waals surface area contributed by atoms with Crippen molar-refractivity contribution in [3.8, 4) is 0 Å². The van der Waals surface area contributed by atoms with Crippen LogP contribution in [0, 0.1) is 34.0 Å². The molecule has 0 radical (unpaired) electrons. The van der Waals surface area contributed by atoms with Gasteiger partial charge < -0.3 is 19.6 Å². The van der Waals surface area contributed by atoms with Crippen LogP contribution in [0.5, 0.6) is 0 Å². The number of rotatable bonds is 9. The standard InChI is InChI=1S/C31H46N2O6S/c1-9-29(4)16-21(30(5)18(2)10-12-31(19(3)28(29)38)13-11-20(34)27(30)31)39-22(35)17-33(14-15-40-8)24-23(32(6)7)25(36)26(24)37/h9,18-19,21,27-28,38H,1,10-17H2,2-8H3/t18-,19+,21-,27+,28+,29-,30+,31+/m1/s1. The molecule has 0 heterocycles. The molecule has 222 valence electrons. The summed E-state index contributed by atoms with van der Waals surface area (Å²) in [6.45, 7) is 12.6. The third-order valence-corrected chi connectivity index (χ3v) is 11.7. The Morgan fingerprint density at radius 2 is 1.80 bits per heavy atom. The summed E-state index contributed by atoms with van der Waals surface area (Å²) in [6.07, 6.45) is 5.70. The maximum atomic E-state index is 13.7. The SMILES string of the molecule is C=C[C@]1(C)C[C@@H](OC(=O)CN(CCSC)c2c(N(C)C)c(=O)c2=O)[C@]2(C)[C@H](C)CC[C@]3(CCC(=O)[C@H]32)[C@@H](C)[C@@H]1O. The molecule has 0 saturated heterocycles. The molecule has 1 aromatic carbocycles. The number of esters is 1. The zero-order valence-electron chi connectivity index (χ0n) is 25.1. The first kappa shape index (κ1) is 30.8. The minimum atomic E-state index is -0.734. The van der Waals surface area contributed by atoms with Crippen molar-refractivity contribution in [1.29, 1.82) is 0 Å². The van der Waals surface area contributed by atoms with Gasteiger partial charge in [0.1, 0.15) is 29.8 Å². The van der Waals surface area contributed by atoms with Gasteiger partial charge in [-0.15, -0.1) is 6.58 Å². The minimum Gasteiger partial charge on any atom is -0.460 e. The highest BCUT2D eigenvalue weighted by atomic mass is 32.2. The zero-order valence-corrected chi connectivity index (χ0v) is 25.9. The average Bonchev–Trinajstić information content (AvgIpc) is 3.27. The van der Waals surface area contributed by atoms with Crippen LogP contribution in [-0.2, 0) is 14.3 Å². The quantitative estimate of drug-likeness (QED) is 0.270. The van der Waals surface area contributed by atoms with E-state index in [0.29, 0.717) is 30.8 Å². The molecule has 2 bridgehead atoms. The number of carbonyl (C=O) groups excluding carboxylic acids is 2. The van der Waals surface area contributed by atoms with E-state index in [9.17, 15) is 24.3 Å². The molecule has 4 rings (SSSR count). The van der Waals surface area contributed by atoms with Crippen molar-refractivity contribution in [3.05, 3.63) is 33.1 Å². The average molecular weight is 575 g/mol. The number of anilines is 2. The van der Waals surface area contributed by atoms with Crippen LogP contribution in [0.4, 0.5) is 11.4 Å². The number of ether oxygens (including phenoxy) is 1. The van der Waals surface area contributed by atoms with Crippen LogP contribution in [0.1, 0.15) is 59.8 Å². The second kappa shape index (κ2) is 10.9. The highest BCUT2D eigenvalue weighted by Crippen LogP contribution is 2.68. The van der Waals surface area contributed by atoms with Gasteiger partial charge in [-0.05, 0) is 49.2 Å². The van der Waals surface area contributed by atoms with Crippen molar-refractivity contribution in [1.82, 2.24) is 0 Å². The van der Waals surface area contributed by atoms with Crippen molar-refractivity contribution in [2.24, 2.45) is 34.0 Å². The first-order valence-corrected chi connectivity index (χ1v) is 15.9. The maximum Gasteiger partial charge on any atom is 0.325 e. The molecule has 3 aliphatic carbocycles.